The van der Waals surface area contributed by atoms with Gasteiger partial charge in [0.25, 0.3) is 0 Å². The fourth-order valence-corrected chi connectivity index (χ4v) is 2.20. The van der Waals surface area contributed by atoms with Crippen LogP contribution in [0.5, 0.6) is 0 Å². The molecule has 1 aliphatic carbocycles. The van der Waals surface area contributed by atoms with E-state index in [1.807, 2.05) is 24.3 Å². The number of anilines is 1. The summed E-state index contributed by atoms with van der Waals surface area (Å²) in [5.41, 5.74) is 3.12. The normalized spacial score (nSPS) is 10.5. The average molecular weight is 297 g/mol. The van der Waals surface area contributed by atoms with Gasteiger partial charge in [-0.05, 0) is 30.5 Å². The monoisotopic (exact) mass is 297 g/mol. The highest BCUT2D eigenvalue weighted by atomic mass is 16.5. The number of nitrogens with one attached hydrogen (secondary N) is 1. The lowest BCUT2D eigenvalue weighted by Gasteiger charge is -2.04. The van der Waals surface area contributed by atoms with Crippen molar-refractivity contribution in [1.29, 1.82) is 5.26 Å². The smallest absolute Gasteiger partial charge is 0.325 e. The van der Waals surface area contributed by atoms with Gasteiger partial charge in [0, 0.05) is 5.56 Å². The second kappa shape index (κ2) is 6.90. The minimum atomic E-state index is -0.369. The number of hydrogen-bond donors (Lipinski definition) is 1. The molecule has 0 spiro atoms. The molecule has 5 heteroatoms. The fraction of sp³-hybridized carbons (Fsp3) is 0.353. The van der Waals surface area contributed by atoms with Gasteiger partial charge in [0.15, 0.2) is 0 Å². The molecule has 0 amide bonds. The first kappa shape index (κ1) is 15.8. The highest BCUT2D eigenvalue weighted by Crippen LogP contribution is 2.32. The van der Waals surface area contributed by atoms with Crippen molar-refractivity contribution in [3.63, 3.8) is 0 Å². The molecule has 0 unspecified atom stereocenters. The maximum Gasteiger partial charge on any atom is 0.325 e. The van der Waals surface area contributed by atoms with Gasteiger partial charge in [-0.15, -0.1) is 0 Å². The molecule has 1 heterocycles. The molecule has 1 N–H and O–H groups in total. The van der Waals surface area contributed by atoms with Crippen molar-refractivity contribution in [2.75, 3.05) is 18.5 Å². The van der Waals surface area contributed by atoms with E-state index in [1.54, 1.807) is 6.92 Å². The lowest BCUT2D eigenvalue weighted by molar-refractivity contribution is -0.140. The third kappa shape index (κ3) is 3.34. The first-order chi connectivity index (χ1) is 10.6. The summed E-state index contributed by atoms with van der Waals surface area (Å²) in [4.78, 5) is 15.8. The van der Waals surface area contributed by atoms with E-state index in [2.05, 4.69) is 30.2 Å². The Bertz CT molecular complexity index is 689. The van der Waals surface area contributed by atoms with Crippen molar-refractivity contribution in [3.8, 4) is 17.3 Å². The molecule has 0 radical (unpaired) electrons. The van der Waals surface area contributed by atoms with E-state index in [9.17, 15) is 10.1 Å². The third-order valence-electron chi connectivity index (χ3n) is 3.35. The van der Waals surface area contributed by atoms with Crippen LogP contribution in [0.3, 0.4) is 0 Å². The molecule has 2 rings (SSSR count). The minimum Gasteiger partial charge on any atom is -0.465 e. The number of hydrogen-bond acceptors (Lipinski definition) is 5. The minimum absolute atomic E-state index is 0.00496. The van der Waals surface area contributed by atoms with Gasteiger partial charge >= 0.3 is 5.97 Å². The van der Waals surface area contributed by atoms with Crippen molar-refractivity contribution in [3.05, 3.63) is 35.4 Å². The summed E-state index contributed by atoms with van der Waals surface area (Å²) in [7, 11) is 0. The van der Waals surface area contributed by atoms with Crippen LogP contribution in [-0.2, 0) is 9.53 Å². The largest absolute Gasteiger partial charge is 0.465 e. The van der Waals surface area contributed by atoms with Crippen molar-refractivity contribution >= 4 is 11.8 Å². The third-order valence-corrected chi connectivity index (χ3v) is 3.35. The first-order valence-electron chi connectivity index (χ1n) is 7.30. The van der Waals surface area contributed by atoms with Crippen molar-refractivity contribution in [2.45, 2.75) is 26.7 Å². The Morgan fingerprint density at radius 3 is 2.86 bits per heavy atom. The van der Waals surface area contributed by atoms with Crippen LogP contribution < -0.4 is 5.32 Å². The van der Waals surface area contributed by atoms with Crippen LogP contribution in [0, 0.1) is 11.3 Å². The van der Waals surface area contributed by atoms with Crippen LogP contribution in [0.25, 0.3) is 11.3 Å². The Hall–Kier alpha value is -2.61. The topological polar surface area (TPSA) is 75.0 Å². The Labute approximate surface area is 130 Å². The maximum absolute atomic E-state index is 11.4. The summed E-state index contributed by atoms with van der Waals surface area (Å²) in [5.74, 6) is 0.409. The van der Waals surface area contributed by atoms with Crippen molar-refractivity contribution < 1.29 is 9.53 Å². The highest BCUT2D eigenvalue weighted by molar-refractivity contribution is 5.81. The van der Waals surface area contributed by atoms with E-state index in [-0.39, 0.29) is 12.5 Å². The highest BCUT2D eigenvalue weighted by Gasteiger charge is 2.18. The summed E-state index contributed by atoms with van der Waals surface area (Å²) >= 11 is 0. The maximum atomic E-state index is 11.4. The van der Waals surface area contributed by atoms with Crippen LogP contribution in [0.15, 0.2) is 24.3 Å². The molecular formula is C17H19N3O2. The molecule has 0 aromatic rings. The molecule has 22 heavy (non-hydrogen) atoms. The zero-order valence-corrected chi connectivity index (χ0v) is 13.0. The lowest BCUT2D eigenvalue weighted by atomic mass is 10.0. The van der Waals surface area contributed by atoms with Gasteiger partial charge in [-0.1, -0.05) is 26.0 Å². The average Bonchev–Trinajstić information content (AvgIpc) is 2.66. The molecule has 0 aromatic carbocycles. The number of esters is 1. The Morgan fingerprint density at radius 2 is 2.23 bits per heavy atom. The van der Waals surface area contributed by atoms with Crippen molar-refractivity contribution in [1.82, 2.24) is 4.98 Å². The lowest BCUT2D eigenvalue weighted by Crippen LogP contribution is -2.17. The molecule has 1 aliphatic heterocycles. The van der Waals surface area contributed by atoms with Gasteiger partial charge in [-0.2, -0.15) is 5.26 Å². The summed E-state index contributed by atoms with van der Waals surface area (Å²) < 4.78 is 4.86. The predicted molar refractivity (Wildman–Crippen MR) is 84.8 cm³/mol. The Morgan fingerprint density at radius 1 is 1.45 bits per heavy atom. The van der Waals surface area contributed by atoms with E-state index in [0.717, 1.165) is 16.8 Å². The summed E-state index contributed by atoms with van der Waals surface area (Å²) in [5, 5.41) is 12.3. The molecule has 5 nitrogen and oxygen atoms in total. The standard InChI is InChI=1S/C17H19N3O2/c1-4-22-16(21)10-19-17-14(9-18)13-8-12(11(2)3)6-5-7-15(13)20-17/h5-8,11H,4,10H2,1-3H3,(H,19,20). The molecule has 0 atom stereocenters. The van der Waals surface area contributed by atoms with E-state index in [0.29, 0.717) is 23.9 Å². The Kier molecular flexibility index (Phi) is 4.95. The molecule has 0 saturated carbocycles. The van der Waals surface area contributed by atoms with E-state index in [1.165, 1.54) is 0 Å². The number of carbonyl (C=O) groups excluding carboxylic acids is 1. The number of fused-ring (bicyclic) bond motifs is 1. The number of carbonyl (C=O) groups is 1. The second-order valence-electron chi connectivity index (χ2n) is 5.23. The number of nitriles is 1. The number of rotatable bonds is 5. The summed E-state index contributed by atoms with van der Waals surface area (Å²) in [6, 6.07) is 10.00. The van der Waals surface area contributed by atoms with Crippen molar-refractivity contribution in [2.24, 2.45) is 0 Å². The fourth-order valence-electron chi connectivity index (χ4n) is 2.20. The molecule has 2 aliphatic rings. The molecule has 0 aromatic heterocycles. The summed E-state index contributed by atoms with van der Waals surface area (Å²) in [6.07, 6.45) is 0. The van der Waals surface area contributed by atoms with Gasteiger partial charge in [0.2, 0.25) is 0 Å². The predicted octanol–water partition coefficient (Wildman–Crippen LogP) is 3.16. The SMILES string of the molecule is CCOC(=O)CNc1nc2cccc(C(C)C)cc-2c1C#N. The van der Waals surface area contributed by atoms with Crippen LogP contribution in [0.2, 0.25) is 0 Å². The number of ether oxygens (including phenoxy) is 1. The van der Waals surface area contributed by atoms with Gasteiger partial charge in [0.05, 0.1) is 12.3 Å². The van der Waals surface area contributed by atoms with Gasteiger partial charge in [0.1, 0.15) is 24.0 Å². The molecule has 0 saturated heterocycles. The van der Waals surface area contributed by atoms with E-state index < -0.39 is 0 Å². The first-order valence-corrected chi connectivity index (χ1v) is 7.30. The Balaban J connectivity index is 2.38. The van der Waals surface area contributed by atoms with Gasteiger partial charge < -0.3 is 10.1 Å². The van der Waals surface area contributed by atoms with Gasteiger partial charge in [-0.3, -0.25) is 4.79 Å². The molecule has 0 bridgehead atoms. The molecule has 0 fully saturated rings. The summed E-state index contributed by atoms with van der Waals surface area (Å²) in [6.45, 7) is 6.28. The number of aromatic nitrogens is 1. The van der Waals surface area contributed by atoms with Crippen LogP contribution in [0.4, 0.5) is 5.82 Å². The number of nitrogens with zero attached hydrogens (tertiary/aromatic N) is 2. The second-order valence-corrected chi connectivity index (χ2v) is 5.23. The zero-order valence-electron chi connectivity index (χ0n) is 13.0. The van der Waals surface area contributed by atoms with E-state index in [4.69, 9.17) is 4.74 Å². The quantitative estimate of drug-likeness (QED) is 0.858. The zero-order chi connectivity index (χ0) is 16.1. The molecule has 114 valence electrons. The van der Waals surface area contributed by atoms with E-state index >= 15 is 0 Å². The van der Waals surface area contributed by atoms with Crippen LogP contribution in [-0.4, -0.2) is 24.1 Å². The van der Waals surface area contributed by atoms with Crippen LogP contribution in [0.1, 0.15) is 37.8 Å². The van der Waals surface area contributed by atoms with Gasteiger partial charge in [-0.25, -0.2) is 4.98 Å². The molecular weight excluding hydrogens is 278 g/mol. The van der Waals surface area contributed by atoms with Crippen LogP contribution >= 0.6 is 0 Å².